The number of hydrogen-bond donors (Lipinski definition) is 1. The summed E-state index contributed by atoms with van der Waals surface area (Å²) in [5.41, 5.74) is 6.57. The summed E-state index contributed by atoms with van der Waals surface area (Å²) in [6.07, 6.45) is 3.44. The van der Waals surface area contributed by atoms with Crippen LogP contribution in [0.5, 0.6) is 0 Å². The zero-order chi connectivity index (χ0) is 13.6. The Kier molecular flexibility index (Phi) is 3.35. The molecule has 1 aromatic carbocycles. The predicted molar refractivity (Wildman–Crippen MR) is 72.4 cm³/mol. The van der Waals surface area contributed by atoms with E-state index in [1.54, 1.807) is 12.1 Å². The molecule has 2 N–H and O–H groups in total. The maximum atomic E-state index is 13.7. The second kappa shape index (κ2) is 4.88. The van der Waals surface area contributed by atoms with Gasteiger partial charge in [0.25, 0.3) is 0 Å². The summed E-state index contributed by atoms with van der Waals surface area (Å²) in [5.74, 6) is 0.518. The zero-order valence-corrected chi connectivity index (χ0v) is 11.4. The molecule has 0 aliphatic heterocycles. The van der Waals surface area contributed by atoms with Crippen LogP contribution in [0.15, 0.2) is 18.2 Å². The van der Waals surface area contributed by atoms with Gasteiger partial charge in [0.2, 0.25) is 0 Å². The highest BCUT2D eigenvalue weighted by Gasteiger charge is 2.48. The Bertz CT molecular complexity index is 517. The van der Waals surface area contributed by atoms with Crippen LogP contribution in [-0.4, -0.2) is 11.8 Å². The summed E-state index contributed by atoms with van der Waals surface area (Å²) >= 11 is 5.71. The number of carbonyl (C=O) groups is 1. The van der Waals surface area contributed by atoms with Gasteiger partial charge in [-0.1, -0.05) is 17.7 Å². The standard InChI is InChI=1S/C15H17ClFNO/c16-11-4-3-8(12(17)7-11)6-13(19)14-9-1-2-10(5-9)15(14)18/h3-4,7,9-10,14-15H,1-2,5-6,18H2. The molecule has 2 saturated carbocycles. The smallest absolute Gasteiger partial charge is 0.142 e. The minimum Gasteiger partial charge on any atom is -0.327 e. The van der Waals surface area contributed by atoms with E-state index in [-0.39, 0.29) is 24.2 Å². The van der Waals surface area contributed by atoms with Crippen molar-refractivity contribution in [1.82, 2.24) is 0 Å². The highest BCUT2D eigenvalue weighted by atomic mass is 35.5. The molecule has 19 heavy (non-hydrogen) atoms. The number of Topliss-reactive ketones (excluding diaryl/α,β-unsaturated/α-hetero) is 1. The van der Waals surface area contributed by atoms with Gasteiger partial charge in [-0.15, -0.1) is 0 Å². The third-order valence-corrected chi connectivity index (χ3v) is 4.97. The second-order valence-corrected chi connectivity index (χ2v) is 6.25. The Morgan fingerprint density at radius 3 is 2.74 bits per heavy atom. The monoisotopic (exact) mass is 281 g/mol. The molecular formula is C15H17ClFNO. The fourth-order valence-electron chi connectivity index (χ4n) is 3.78. The van der Waals surface area contributed by atoms with Crippen LogP contribution in [-0.2, 0) is 11.2 Å². The molecule has 4 atom stereocenters. The molecule has 0 heterocycles. The summed E-state index contributed by atoms with van der Waals surface area (Å²) in [5, 5.41) is 0.352. The van der Waals surface area contributed by atoms with Crippen LogP contribution in [0.3, 0.4) is 0 Å². The third-order valence-electron chi connectivity index (χ3n) is 4.73. The molecule has 2 bridgehead atoms. The van der Waals surface area contributed by atoms with Crippen LogP contribution < -0.4 is 5.73 Å². The third kappa shape index (κ3) is 2.30. The topological polar surface area (TPSA) is 43.1 Å². The average molecular weight is 282 g/mol. The van der Waals surface area contributed by atoms with Gasteiger partial charge in [0.15, 0.2) is 0 Å². The van der Waals surface area contributed by atoms with E-state index >= 15 is 0 Å². The average Bonchev–Trinajstić information content (AvgIpc) is 2.93. The lowest BCUT2D eigenvalue weighted by Crippen LogP contribution is -2.40. The maximum Gasteiger partial charge on any atom is 0.142 e. The Hall–Kier alpha value is -0.930. The largest absolute Gasteiger partial charge is 0.327 e. The lowest BCUT2D eigenvalue weighted by atomic mass is 9.80. The van der Waals surface area contributed by atoms with Gasteiger partial charge in [-0.3, -0.25) is 4.79 Å². The Labute approximate surface area is 117 Å². The molecular weight excluding hydrogens is 265 g/mol. The molecule has 0 spiro atoms. The van der Waals surface area contributed by atoms with Crippen molar-refractivity contribution in [2.24, 2.45) is 23.5 Å². The van der Waals surface area contributed by atoms with Crippen LogP contribution in [0.25, 0.3) is 0 Å². The maximum absolute atomic E-state index is 13.7. The van der Waals surface area contributed by atoms with Crippen LogP contribution in [0.1, 0.15) is 24.8 Å². The molecule has 0 aromatic heterocycles. The highest BCUT2D eigenvalue weighted by Crippen LogP contribution is 2.48. The Balaban J connectivity index is 1.75. The summed E-state index contributed by atoms with van der Waals surface area (Å²) in [7, 11) is 0. The number of fused-ring (bicyclic) bond motifs is 2. The van der Waals surface area contributed by atoms with E-state index < -0.39 is 5.82 Å². The fraction of sp³-hybridized carbons (Fsp3) is 0.533. The first-order valence-corrected chi connectivity index (χ1v) is 7.16. The first-order chi connectivity index (χ1) is 9.06. The fourth-order valence-corrected chi connectivity index (χ4v) is 3.94. The summed E-state index contributed by atoms with van der Waals surface area (Å²) in [6.45, 7) is 0. The predicted octanol–water partition coefficient (Wildman–Crippen LogP) is 2.96. The van der Waals surface area contributed by atoms with Gasteiger partial charge in [-0.25, -0.2) is 4.39 Å². The number of nitrogens with two attached hydrogens (primary N) is 1. The summed E-state index contributed by atoms with van der Waals surface area (Å²) in [4.78, 5) is 12.4. The van der Waals surface area contributed by atoms with Crippen LogP contribution in [0.2, 0.25) is 5.02 Å². The molecule has 2 nitrogen and oxygen atoms in total. The van der Waals surface area contributed by atoms with Crippen molar-refractivity contribution < 1.29 is 9.18 Å². The number of rotatable bonds is 3. The van der Waals surface area contributed by atoms with Crippen molar-refractivity contribution in [3.63, 3.8) is 0 Å². The van der Waals surface area contributed by atoms with Crippen molar-refractivity contribution in [1.29, 1.82) is 0 Å². The Morgan fingerprint density at radius 1 is 1.37 bits per heavy atom. The molecule has 2 aliphatic rings. The van der Waals surface area contributed by atoms with Gasteiger partial charge >= 0.3 is 0 Å². The minimum atomic E-state index is -0.405. The number of hydrogen-bond acceptors (Lipinski definition) is 2. The van der Waals surface area contributed by atoms with Gasteiger partial charge in [0.05, 0.1) is 0 Å². The molecule has 0 saturated heterocycles. The highest BCUT2D eigenvalue weighted by molar-refractivity contribution is 6.30. The van der Waals surface area contributed by atoms with Crippen molar-refractivity contribution >= 4 is 17.4 Å². The van der Waals surface area contributed by atoms with Gasteiger partial charge in [0, 0.05) is 23.4 Å². The second-order valence-electron chi connectivity index (χ2n) is 5.82. The van der Waals surface area contributed by atoms with Crippen molar-refractivity contribution in [3.8, 4) is 0 Å². The molecule has 2 fully saturated rings. The quantitative estimate of drug-likeness (QED) is 0.926. The minimum absolute atomic E-state index is 0.0263. The first kappa shape index (κ1) is 13.1. The van der Waals surface area contributed by atoms with Gasteiger partial charge in [-0.2, -0.15) is 0 Å². The van der Waals surface area contributed by atoms with Gasteiger partial charge < -0.3 is 5.73 Å². The van der Waals surface area contributed by atoms with Crippen molar-refractivity contribution in [3.05, 3.63) is 34.6 Å². The van der Waals surface area contributed by atoms with E-state index in [4.69, 9.17) is 17.3 Å². The summed E-state index contributed by atoms with van der Waals surface area (Å²) < 4.78 is 13.7. The lowest BCUT2D eigenvalue weighted by molar-refractivity contribution is -0.124. The normalized spacial score (nSPS) is 32.8. The molecule has 1 aromatic rings. The van der Waals surface area contributed by atoms with E-state index in [0.29, 0.717) is 22.4 Å². The zero-order valence-electron chi connectivity index (χ0n) is 10.6. The molecule has 0 amide bonds. The molecule has 102 valence electrons. The number of benzene rings is 1. The molecule has 0 radical (unpaired) electrons. The first-order valence-electron chi connectivity index (χ1n) is 6.78. The molecule has 4 unspecified atom stereocenters. The van der Waals surface area contributed by atoms with E-state index in [1.807, 2.05) is 0 Å². The SMILES string of the molecule is NC1C2CCC(C2)C1C(=O)Cc1ccc(Cl)cc1F. The van der Waals surface area contributed by atoms with Crippen molar-refractivity contribution in [2.45, 2.75) is 31.7 Å². The number of carbonyl (C=O) groups excluding carboxylic acids is 1. The lowest BCUT2D eigenvalue weighted by Gasteiger charge is -2.26. The Morgan fingerprint density at radius 2 is 2.11 bits per heavy atom. The van der Waals surface area contributed by atoms with E-state index in [9.17, 15) is 9.18 Å². The van der Waals surface area contributed by atoms with Crippen molar-refractivity contribution in [2.75, 3.05) is 0 Å². The summed E-state index contributed by atoms with van der Waals surface area (Å²) in [6, 6.07) is 4.44. The van der Waals surface area contributed by atoms with E-state index in [2.05, 4.69) is 0 Å². The molecule has 4 heteroatoms. The molecule has 3 rings (SSSR count). The van der Waals surface area contributed by atoms with Crippen LogP contribution in [0.4, 0.5) is 4.39 Å². The number of ketones is 1. The van der Waals surface area contributed by atoms with Gasteiger partial charge in [0.1, 0.15) is 11.6 Å². The van der Waals surface area contributed by atoms with Crippen LogP contribution in [0, 0.1) is 23.6 Å². The van der Waals surface area contributed by atoms with Gasteiger partial charge in [-0.05, 0) is 48.8 Å². The van der Waals surface area contributed by atoms with E-state index in [1.165, 1.54) is 6.07 Å². The molecule has 2 aliphatic carbocycles. The van der Waals surface area contributed by atoms with Crippen LogP contribution >= 0.6 is 11.6 Å². The number of halogens is 2. The van der Waals surface area contributed by atoms with E-state index in [0.717, 1.165) is 19.3 Å².